The molecule has 0 fully saturated rings. The zero-order valence-corrected chi connectivity index (χ0v) is 14.0. The van der Waals surface area contributed by atoms with Crippen molar-refractivity contribution < 1.29 is 4.79 Å². The Kier molecular flexibility index (Phi) is 5.06. The van der Waals surface area contributed by atoms with E-state index in [0.29, 0.717) is 5.56 Å². The van der Waals surface area contributed by atoms with Gasteiger partial charge in [-0.2, -0.15) is 0 Å². The second-order valence-corrected chi connectivity index (χ2v) is 5.70. The number of hydrogen-bond donors (Lipinski definition) is 1. The first kappa shape index (κ1) is 17.0. The average molecular weight is 330 g/mol. The second-order valence-electron chi connectivity index (χ2n) is 5.70. The summed E-state index contributed by atoms with van der Waals surface area (Å²) in [6.07, 6.45) is 0.846. The molecule has 0 spiro atoms. The van der Waals surface area contributed by atoms with Crippen LogP contribution in [-0.4, -0.2) is 30.7 Å². The average Bonchev–Trinajstić information content (AvgIpc) is 2.53. The highest BCUT2D eigenvalue weighted by Gasteiger charge is 2.23. The van der Waals surface area contributed by atoms with Gasteiger partial charge in [0, 0.05) is 26.1 Å². The smallest absolute Gasteiger partial charge is 0.248 e. The molecule has 0 saturated carbocycles. The van der Waals surface area contributed by atoms with E-state index in [1.807, 2.05) is 32.3 Å². The number of carbonyl (C=O) groups excluding carboxylic acids is 1. The normalized spacial score (nSPS) is 15.9. The fourth-order valence-corrected chi connectivity index (χ4v) is 2.75. The van der Waals surface area contributed by atoms with E-state index in [-0.39, 0.29) is 18.4 Å². The van der Waals surface area contributed by atoms with E-state index < -0.39 is 5.91 Å². The number of rotatable bonds is 2. The SMILES string of the molecule is CN(C)C1=NC(c2ccc(C(N)=O)cc2)c2ccccc2C1.Cl. The first-order valence-electron chi connectivity index (χ1n) is 7.28. The van der Waals surface area contributed by atoms with Crippen molar-refractivity contribution in [2.45, 2.75) is 12.5 Å². The minimum Gasteiger partial charge on any atom is -0.366 e. The van der Waals surface area contributed by atoms with Gasteiger partial charge in [-0.1, -0.05) is 36.4 Å². The molecule has 1 unspecified atom stereocenters. The third kappa shape index (κ3) is 3.37. The van der Waals surface area contributed by atoms with E-state index in [1.54, 1.807) is 12.1 Å². The lowest BCUT2D eigenvalue weighted by atomic mass is 9.90. The molecule has 0 aromatic heterocycles. The number of likely N-dealkylation sites (N-methyl/N-ethyl adjacent to an activating group) is 1. The summed E-state index contributed by atoms with van der Waals surface area (Å²) in [7, 11) is 4.03. The lowest BCUT2D eigenvalue weighted by Gasteiger charge is -2.27. The molecule has 0 radical (unpaired) electrons. The van der Waals surface area contributed by atoms with Crippen LogP contribution in [0.5, 0.6) is 0 Å². The van der Waals surface area contributed by atoms with Crippen LogP contribution in [0.15, 0.2) is 53.5 Å². The highest BCUT2D eigenvalue weighted by atomic mass is 35.5. The molecule has 1 atom stereocenters. The number of aliphatic imine (C=N–C) groups is 1. The van der Waals surface area contributed by atoms with Crippen molar-refractivity contribution >= 4 is 24.1 Å². The number of nitrogens with zero attached hydrogens (tertiary/aromatic N) is 2. The third-order valence-electron chi connectivity index (χ3n) is 4.00. The van der Waals surface area contributed by atoms with Gasteiger partial charge in [-0.05, 0) is 28.8 Å². The van der Waals surface area contributed by atoms with Crippen LogP contribution < -0.4 is 5.73 Å². The van der Waals surface area contributed by atoms with Gasteiger partial charge in [-0.3, -0.25) is 9.79 Å². The number of amides is 1. The number of amidine groups is 1. The summed E-state index contributed by atoms with van der Waals surface area (Å²) in [6, 6.07) is 15.7. The molecule has 0 bridgehead atoms. The maximum atomic E-state index is 11.2. The van der Waals surface area contributed by atoms with E-state index in [4.69, 9.17) is 10.7 Å². The van der Waals surface area contributed by atoms with Crippen LogP contribution in [0.2, 0.25) is 0 Å². The molecule has 5 heteroatoms. The van der Waals surface area contributed by atoms with Crippen molar-refractivity contribution in [2.75, 3.05) is 14.1 Å². The summed E-state index contributed by atoms with van der Waals surface area (Å²) in [5.41, 5.74) is 9.41. The first-order chi connectivity index (χ1) is 10.6. The summed E-state index contributed by atoms with van der Waals surface area (Å²) >= 11 is 0. The molecule has 3 rings (SSSR count). The van der Waals surface area contributed by atoms with Crippen LogP contribution in [0.4, 0.5) is 0 Å². The molecule has 120 valence electrons. The zero-order valence-electron chi connectivity index (χ0n) is 13.2. The van der Waals surface area contributed by atoms with Crippen LogP contribution >= 0.6 is 12.4 Å². The van der Waals surface area contributed by atoms with Gasteiger partial charge in [-0.15, -0.1) is 12.4 Å². The summed E-state index contributed by atoms with van der Waals surface area (Å²) < 4.78 is 0. The van der Waals surface area contributed by atoms with Crippen molar-refractivity contribution in [3.63, 3.8) is 0 Å². The number of hydrogen-bond acceptors (Lipinski definition) is 3. The summed E-state index contributed by atoms with van der Waals surface area (Å²) in [4.78, 5) is 18.2. The fourth-order valence-electron chi connectivity index (χ4n) is 2.75. The van der Waals surface area contributed by atoms with E-state index >= 15 is 0 Å². The predicted molar refractivity (Wildman–Crippen MR) is 95.3 cm³/mol. The Balaban J connectivity index is 0.00000192. The van der Waals surface area contributed by atoms with Gasteiger partial charge >= 0.3 is 0 Å². The van der Waals surface area contributed by atoms with Crippen molar-refractivity contribution in [3.05, 3.63) is 70.8 Å². The zero-order chi connectivity index (χ0) is 15.7. The maximum absolute atomic E-state index is 11.2. The number of benzene rings is 2. The van der Waals surface area contributed by atoms with Crippen molar-refractivity contribution in [2.24, 2.45) is 10.7 Å². The summed E-state index contributed by atoms with van der Waals surface area (Å²) in [6.45, 7) is 0. The molecule has 1 aliphatic heterocycles. The molecule has 2 N–H and O–H groups in total. The number of primary amides is 1. The number of halogens is 1. The molecule has 1 amide bonds. The lowest BCUT2D eigenvalue weighted by molar-refractivity contribution is 0.100. The Hall–Kier alpha value is -2.33. The van der Waals surface area contributed by atoms with Crippen molar-refractivity contribution in [1.29, 1.82) is 0 Å². The van der Waals surface area contributed by atoms with Gasteiger partial charge < -0.3 is 10.6 Å². The Bertz CT molecular complexity index is 738. The minimum atomic E-state index is -0.409. The Labute approximate surface area is 142 Å². The van der Waals surface area contributed by atoms with Gasteiger partial charge in [0.05, 0.1) is 0 Å². The highest BCUT2D eigenvalue weighted by Crippen LogP contribution is 2.33. The van der Waals surface area contributed by atoms with E-state index in [1.165, 1.54) is 11.1 Å². The topological polar surface area (TPSA) is 58.7 Å². The molecule has 1 aliphatic rings. The fraction of sp³-hybridized carbons (Fsp3) is 0.222. The molecule has 1 heterocycles. The predicted octanol–water partition coefficient (Wildman–Crippen LogP) is 2.81. The first-order valence-corrected chi connectivity index (χ1v) is 7.28. The molecule has 0 saturated heterocycles. The molecular weight excluding hydrogens is 310 g/mol. The van der Waals surface area contributed by atoms with Crippen LogP contribution in [0.3, 0.4) is 0 Å². The molecule has 23 heavy (non-hydrogen) atoms. The Morgan fingerprint density at radius 3 is 2.39 bits per heavy atom. The van der Waals surface area contributed by atoms with E-state index in [0.717, 1.165) is 17.8 Å². The molecule has 4 nitrogen and oxygen atoms in total. The number of fused-ring (bicyclic) bond motifs is 1. The standard InChI is InChI=1S/C18H19N3O.ClH/c1-21(2)16-11-14-5-3-4-6-15(14)17(20-16)12-7-9-13(10-8-12)18(19)22;/h3-10,17H,11H2,1-2H3,(H2,19,22);1H. The van der Waals surface area contributed by atoms with Crippen molar-refractivity contribution in [1.82, 2.24) is 4.90 Å². The van der Waals surface area contributed by atoms with Gasteiger partial charge in [0.15, 0.2) is 0 Å². The van der Waals surface area contributed by atoms with Crippen LogP contribution in [0.1, 0.15) is 33.1 Å². The second kappa shape index (κ2) is 6.84. The quantitative estimate of drug-likeness (QED) is 0.921. The summed E-state index contributed by atoms with van der Waals surface area (Å²) in [5.74, 6) is 0.649. The van der Waals surface area contributed by atoms with Gasteiger partial charge in [0.25, 0.3) is 0 Å². The number of nitrogens with two attached hydrogens (primary N) is 1. The monoisotopic (exact) mass is 329 g/mol. The maximum Gasteiger partial charge on any atom is 0.248 e. The minimum absolute atomic E-state index is 0. The van der Waals surface area contributed by atoms with Crippen LogP contribution in [0.25, 0.3) is 0 Å². The van der Waals surface area contributed by atoms with Crippen LogP contribution in [0, 0.1) is 0 Å². The highest BCUT2D eigenvalue weighted by molar-refractivity contribution is 5.92. The van der Waals surface area contributed by atoms with E-state index in [9.17, 15) is 4.79 Å². The Morgan fingerprint density at radius 2 is 1.78 bits per heavy atom. The molecule has 2 aromatic carbocycles. The van der Waals surface area contributed by atoms with Gasteiger partial charge in [0.2, 0.25) is 5.91 Å². The molecule has 0 aliphatic carbocycles. The van der Waals surface area contributed by atoms with Crippen LogP contribution in [-0.2, 0) is 6.42 Å². The molecule has 2 aromatic rings. The summed E-state index contributed by atoms with van der Waals surface area (Å²) in [5, 5.41) is 0. The van der Waals surface area contributed by atoms with Crippen molar-refractivity contribution in [3.8, 4) is 0 Å². The lowest BCUT2D eigenvalue weighted by Crippen LogP contribution is -2.28. The third-order valence-corrected chi connectivity index (χ3v) is 4.00. The van der Waals surface area contributed by atoms with E-state index in [2.05, 4.69) is 23.1 Å². The Morgan fingerprint density at radius 1 is 1.13 bits per heavy atom. The van der Waals surface area contributed by atoms with Gasteiger partial charge in [-0.25, -0.2) is 0 Å². The number of carbonyl (C=O) groups is 1. The van der Waals surface area contributed by atoms with Gasteiger partial charge in [0.1, 0.15) is 11.9 Å². The largest absolute Gasteiger partial charge is 0.366 e. The molecular formula is C18H20ClN3O.